The average molecular weight is 147 g/mol. The van der Waals surface area contributed by atoms with Gasteiger partial charge in [0.1, 0.15) is 6.07 Å². The number of hydrogen-bond acceptors (Lipinski definition) is 3. The topological polar surface area (TPSA) is 62.7 Å². The Hall–Kier alpha value is -1.56. The van der Waals surface area contributed by atoms with Gasteiger partial charge in [-0.3, -0.25) is 0 Å². The third kappa shape index (κ3) is 1.30. The third-order valence-electron chi connectivity index (χ3n) is 1.60. The van der Waals surface area contributed by atoms with Crippen LogP contribution in [0, 0.1) is 25.2 Å². The number of aryl methyl sites for hydroxylation is 2. The van der Waals surface area contributed by atoms with Crippen molar-refractivity contribution in [2.75, 3.05) is 5.73 Å². The first-order chi connectivity index (χ1) is 5.15. The van der Waals surface area contributed by atoms with Gasteiger partial charge in [0.05, 0.1) is 5.69 Å². The predicted octanol–water partition coefficient (Wildman–Crippen LogP) is 1.15. The van der Waals surface area contributed by atoms with Crippen LogP contribution in [-0.2, 0) is 0 Å². The van der Waals surface area contributed by atoms with Crippen LogP contribution in [0.3, 0.4) is 0 Å². The number of nitrogens with zero attached hydrogens (tertiary/aromatic N) is 2. The van der Waals surface area contributed by atoms with E-state index in [0.29, 0.717) is 11.4 Å². The van der Waals surface area contributed by atoms with Crippen LogP contribution in [-0.4, -0.2) is 4.98 Å². The van der Waals surface area contributed by atoms with Crippen LogP contribution in [0.1, 0.15) is 17.0 Å². The van der Waals surface area contributed by atoms with E-state index < -0.39 is 0 Å². The highest BCUT2D eigenvalue weighted by atomic mass is 14.8. The lowest BCUT2D eigenvalue weighted by Crippen LogP contribution is -1.97. The second-order valence-corrected chi connectivity index (χ2v) is 2.44. The summed E-state index contributed by atoms with van der Waals surface area (Å²) in [7, 11) is 0. The number of aromatic nitrogens is 1. The molecular formula is C8H9N3. The number of hydrogen-bond donors (Lipinski definition) is 1. The van der Waals surface area contributed by atoms with Gasteiger partial charge < -0.3 is 5.73 Å². The zero-order valence-corrected chi connectivity index (χ0v) is 6.55. The van der Waals surface area contributed by atoms with Gasteiger partial charge >= 0.3 is 0 Å². The van der Waals surface area contributed by atoms with Gasteiger partial charge in [0.15, 0.2) is 5.69 Å². The van der Waals surface area contributed by atoms with E-state index in [1.807, 2.05) is 19.9 Å². The molecule has 0 fully saturated rings. The van der Waals surface area contributed by atoms with Crippen molar-refractivity contribution in [1.82, 2.24) is 4.98 Å². The summed E-state index contributed by atoms with van der Waals surface area (Å²) >= 11 is 0. The van der Waals surface area contributed by atoms with Crippen LogP contribution >= 0.6 is 0 Å². The summed E-state index contributed by atoms with van der Waals surface area (Å²) in [4.78, 5) is 4.00. The summed E-state index contributed by atoms with van der Waals surface area (Å²) in [5.74, 6) is 0. The Morgan fingerprint density at radius 1 is 1.55 bits per heavy atom. The molecule has 0 saturated heterocycles. The van der Waals surface area contributed by atoms with Gasteiger partial charge in [0.2, 0.25) is 0 Å². The van der Waals surface area contributed by atoms with Crippen LogP contribution < -0.4 is 5.73 Å². The van der Waals surface area contributed by atoms with Gasteiger partial charge in [0.25, 0.3) is 0 Å². The van der Waals surface area contributed by atoms with Gasteiger partial charge in [-0.2, -0.15) is 5.26 Å². The molecule has 0 saturated carbocycles. The Morgan fingerprint density at radius 2 is 2.18 bits per heavy atom. The van der Waals surface area contributed by atoms with Gasteiger partial charge in [0, 0.05) is 5.69 Å². The summed E-state index contributed by atoms with van der Waals surface area (Å²) in [5, 5.41) is 8.54. The molecule has 0 aliphatic heterocycles. The van der Waals surface area contributed by atoms with E-state index in [0.717, 1.165) is 11.3 Å². The van der Waals surface area contributed by atoms with Crippen molar-refractivity contribution in [3.8, 4) is 6.07 Å². The highest BCUT2D eigenvalue weighted by Crippen LogP contribution is 2.12. The van der Waals surface area contributed by atoms with Gasteiger partial charge in [-0.25, -0.2) is 4.98 Å². The first-order valence-electron chi connectivity index (χ1n) is 3.29. The molecule has 0 aromatic carbocycles. The van der Waals surface area contributed by atoms with Crippen LogP contribution in [0.25, 0.3) is 0 Å². The Labute approximate surface area is 65.5 Å². The third-order valence-corrected chi connectivity index (χ3v) is 1.60. The molecule has 2 N–H and O–H groups in total. The van der Waals surface area contributed by atoms with Crippen molar-refractivity contribution in [3.63, 3.8) is 0 Å². The number of rotatable bonds is 0. The normalized spacial score (nSPS) is 9.18. The summed E-state index contributed by atoms with van der Waals surface area (Å²) in [6.45, 7) is 3.77. The summed E-state index contributed by atoms with van der Waals surface area (Å²) < 4.78 is 0. The fourth-order valence-electron chi connectivity index (χ4n) is 0.816. The van der Waals surface area contributed by atoms with Crippen molar-refractivity contribution < 1.29 is 0 Å². The minimum atomic E-state index is 0.313. The largest absolute Gasteiger partial charge is 0.396 e. The Kier molecular flexibility index (Phi) is 1.77. The molecule has 11 heavy (non-hydrogen) atoms. The molecular weight excluding hydrogens is 138 g/mol. The SMILES string of the molecule is Cc1cc(N)c(C#N)nc1C. The minimum Gasteiger partial charge on any atom is -0.396 e. The molecule has 0 bridgehead atoms. The molecule has 0 aliphatic rings. The zero-order valence-electron chi connectivity index (χ0n) is 6.55. The highest BCUT2D eigenvalue weighted by molar-refractivity contribution is 5.52. The van der Waals surface area contributed by atoms with Crippen molar-refractivity contribution in [2.24, 2.45) is 0 Å². The van der Waals surface area contributed by atoms with Crippen molar-refractivity contribution in [2.45, 2.75) is 13.8 Å². The Balaban J connectivity index is 3.35. The molecule has 3 nitrogen and oxygen atoms in total. The molecule has 1 aromatic rings. The van der Waals surface area contributed by atoms with Crippen LogP contribution in [0.15, 0.2) is 6.07 Å². The summed E-state index contributed by atoms with van der Waals surface area (Å²) in [6, 6.07) is 3.69. The maximum Gasteiger partial charge on any atom is 0.163 e. The van der Waals surface area contributed by atoms with E-state index in [1.165, 1.54) is 0 Å². The second kappa shape index (κ2) is 2.59. The number of nitriles is 1. The Bertz CT molecular complexity index is 323. The molecule has 0 aliphatic carbocycles. The lowest BCUT2D eigenvalue weighted by Gasteiger charge is -2.01. The van der Waals surface area contributed by atoms with E-state index in [9.17, 15) is 0 Å². The standard InChI is InChI=1S/C8H9N3/c1-5-3-7(10)8(4-9)11-6(5)2/h3H,10H2,1-2H3. The van der Waals surface area contributed by atoms with Crippen molar-refractivity contribution >= 4 is 5.69 Å². The predicted molar refractivity (Wildman–Crippen MR) is 42.8 cm³/mol. The quantitative estimate of drug-likeness (QED) is 0.598. The zero-order chi connectivity index (χ0) is 8.43. The van der Waals surface area contributed by atoms with E-state index in [4.69, 9.17) is 11.0 Å². The minimum absolute atomic E-state index is 0.313. The molecule has 0 atom stereocenters. The maximum atomic E-state index is 8.54. The lowest BCUT2D eigenvalue weighted by atomic mass is 10.2. The van der Waals surface area contributed by atoms with Gasteiger partial charge in [-0.05, 0) is 25.5 Å². The fourth-order valence-corrected chi connectivity index (χ4v) is 0.816. The summed E-state index contributed by atoms with van der Waals surface area (Å²) in [5.41, 5.74) is 8.16. The molecule has 0 spiro atoms. The number of anilines is 1. The molecule has 56 valence electrons. The van der Waals surface area contributed by atoms with E-state index in [-0.39, 0.29) is 0 Å². The highest BCUT2D eigenvalue weighted by Gasteiger charge is 2.01. The lowest BCUT2D eigenvalue weighted by molar-refractivity contribution is 1.13. The van der Waals surface area contributed by atoms with Gasteiger partial charge in [-0.15, -0.1) is 0 Å². The maximum absolute atomic E-state index is 8.54. The van der Waals surface area contributed by atoms with Crippen LogP contribution in [0.4, 0.5) is 5.69 Å². The fraction of sp³-hybridized carbons (Fsp3) is 0.250. The van der Waals surface area contributed by atoms with E-state index in [1.54, 1.807) is 6.07 Å². The van der Waals surface area contributed by atoms with Crippen molar-refractivity contribution in [1.29, 1.82) is 5.26 Å². The number of nitrogen functional groups attached to an aromatic ring is 1. The molecule has 0 radical (unpaired) electrons. The van der Waals surface area contributed by atoms with E-state index in [2.05, 4.69) is 4.98 Å². The van der Waals surface area contributed by atoms with Crippen molar-refractivity contribution in [3.05, 3.63) is 23.0 Å². The monoisotopic (exact) mass is 147 g/mol. The molecule has 0 unspecified atom stereocenters. The molecule has 1 rings (SSSR count). The first-order valence-corrected chi connectivity index (χ1v) is 3.29. The van der Waals surface area contributed by atoms with Gasteiger partial charge in [-0.1, -0.05) is 0 Å². The molecule has 1 heterocycles. The summed E-state index contributed by atoms with van der Waals surface area (Å²) in [6.07, 6.45) is 0. The van der Waals surface area contributed by atoms with E-state index >= 15 is 0 Å². The average Bonchev–Trinajstić information content (AvgIpc) is 1.97. The number of nitrogens with two attached hydrogens (primary N) is 1. The second-order valence-electron chi connectivity index (χ2n) is 2.44. The Morgan fingerprint density at radius 3 is 2.73 bits per heavy atom. The number of pyridine rings is 1. The smallest absolute Gasteiger partial charge is 0.163 e. The van der Waals surface area contributed by atoms with Crippen LogP contribution in [0.5, 0.6) is 0 Å². The molecule has 1 aromatic heterocycles. The van der Waals surface area contributed by atoms with Crippen LogP contribution in [0.2, 0.25) is 0 Å². The molecule has 0 amide bonds. The first kappa shape index (κ1) is 7.55. The molecule has 3 heteroatoms.